The minimum atomic E-state index is -0.0456. The molecule has 2 aromatic rings. The number of rotatable bonds is 3. The van der Waals surface area contributed by atoms with E-state index in [1.54, 1.807) is 25.3 Å². The molecular formula is C13H11ClO2S. The first-order valence-electron chi connectivity index (χ1n) is 5.06. The summed E-state index contributed by atoms with van der Waals surface area (Å²) in [6, 6.07) is 8.83. The molecule has 0 radical (unpaired) electrons. The molecular weight excluding hydrogens is 256 g/mol. The van der Waals surface area contributed by atoms with Gasteiger partial charge in [0.05, 0.1) is 17.0 Å². The van der Waals surface area contributed by atoms with E-state index in [1.165, 1.54) is 11.3 Å². The van der Waals surface area contributed by atoms with Crippen LogP contribution < -0.4 is 4.74 Å². The highest BCUT2D eigenvalue weighted by Crippen LogP contribution is 2.26. The Hall–Kier alpha value is -1.32. The number of ketones is 1. The molecule has 0 aliphatic rings. The smallest absolute Gasteiger partial charge is 0.204 e. The molecule has 2 nitrogen and oxygen atoms in total. The van der Waals surface area contributed by atoms with Crippen molar-refractivity contribution in [2.24, 2.45) is 0 Å². The summed E-state index contributed by atoms with van der Waals surface area (Å²) in [5.41, 5.74) is 0.509. The van der Waals surface area contributed by atoms with E-state index in [2.05, 4.69) is 0 Å². The van der Waals surface area contributed by atoms with Crippen LogP contribution in [0.25, 0.3) is 0 Å². The fraction of sp³-hybridized carbons (Fsp3) is 0.154. The molecule has 0 atom stereocenters. The Balaban J connectivity index is 2.37. The molecule has 1 aromatic carbocycles. The molecule has 0 amide bonds. The first-order valence-corrected chi connectivity index (χ1v) is 6.26. The molecule has 88 valence electrons. The van der Waals surface area contributed by atoms with Crippen LogP contribution in [0.5, 0.6) is 5.75 Å². The highest BCUT2D eigenvalue weighted by molar-refractivity contribution is 7.14. The lowest BCUT2D eigenvalue weighted by atomic mass is 10.1. The molecule has 1 aromatic heterocycles. The van der Waals surface area contributed by atoms with Crippen LogP contribution >= 0.6 is 22.9 Å². The Bertz CT molecular complexity index is 560. The number of carbonyl (C=O) groups is 1. The molecule has 0 saturated carbocycles. The first kappa shape index (κ1) is 12.1. The molecule has 0 aliphatic heterocycles. The van der Waals surface area contributed by atoms with Crippen molar-refractivity contribution in [3.05, 3.63) is 50.7 Å². The van der Waals surface area contributed by atoms with Crippen LogP contribution in [0.4, 0.5) is 0 Å². The van der Waals surface area contributed by atoms with Crippen molar-refractivity contribution in [1.29, 1.82) is 0 Å². The van der Waals surface area contributed by atoms with Gasteiger partial charge in [0.25, 0.3) is 0 Å². The number of ether oxygens (including phenoxy) is 1. The second kappa shape index (κ2) is 4.90. The third-order valence-corrected chi connectivity index (χ3v) is 3.70. The second-order valence-electron chi connectivity index (χ2n) is 3.59. The molecule has 0 unspecified atom stereocenters. The third kappa shape index (κ3) is 2.51. The SMILES string of the molecule is COc1ccc(C(=O)c2ccc(C)s2)c(Cl)c1. The predicted octanol–water partition coefficient (Wildman–Crippen LogP) is 3.95. The van der Waals surface area contributed by atoms with Crippen molar-refractivity contribution < 1.29 is 9.53 Å². The number of methoxy groups -OCH3 is 1. The molecule has 0 aliphatic carbocycles. The number of thiophene rings is 1. The Morgan fingerprint density at radius 3 is 2.59 bits per heavy atom. The fourth-order valence-corrected chi connectivity index (χ4v) is 2.57. The van der Waals surface area contributed by atoms with Gasteiger partial charge in [-0.25, -0.2) is 0 Å². The van der Waals surface area contributed by atoms with E-state index in [1.807, 2.05) is 19.1 Å². The number of hydrogen-bond donors (Lipinski definition) is 0. The molecule has 1 heterocycles. The molecule has 0 N–H and O–H groups in total. The predicted molar refractivity (Wildman–Crippen MR) is 70.5 cm³/mol. The maximum atomic E-state index is 12.2. The van der Waals surface area contributed by atoms with Gasteiger partial charge in [0.1, 0.15) is 5.75 Å². The molecule has 0 saturated heterocycles. The van der Waals surface area contributed by atoms with Gasteiger partial charge in [-0.3, -0.25) is 4.79 Å². The Morgan fingerprint density at radius 2 is 2.06 bits per heavy atom. The monoisotopic (exact) mass is 266 g/mol. The maximum absolute atomic E-state index is 12.2. The zero-order valence-electron chi connectivity index (χ0n) is 9.49. The summed E-state index contributed by atoms with van der Waals surface area (Å²) < 4.78 is 5.05. The largest absolute Gasteiger partial charge is 0.497 e. The summed E-state index contributed by atoms with van der Waals surface area (Å²) in [4.78, 5) is 14.0. The quantitative estimate of drug-likeness (QED) is 0.787. The lowest BCUT2D eigenvalue weighted by molar-refractivity contribution is 0.104. The highest BCUT2D eigenvalue weighted by atomic mass is 35.5. The first-order chi connectivity index (χ1) is 8.11. The Morgan fingerprint density at radius 1 is 1.29 bits per heavy atom. The Labute approximate surface area is 109 Å². The standard InChI is InChI=1S/C13H11ClO2S/c1-8-3-6-12(17-8)13(15)10-5-4-9(16-2)7-11(10)14/h3-7H,1-2H3. The van der Waals surface area contributed by atoms with Crippen molar-refractivity contribution in [2.45, 2.75) is 6.92 Å². The summed E-state index contributed by atoms with van der Waals surface area (Å²) in [6.07, 6.45) is 0. The zero-order valence-corrected chi connectivity index (χ0v) is 11.1. The van der Waals surface area contributed by atoms with Gasteiger partial charge >= 0.3 is 0 Å². The third-order valence-electron chi connectivity index (χ3n) is 2.39. The summed E-state index contributed by atoms with van der Waals surface area (Å²) in [5.74, 6) is 0.602. The molecule has 0 spiro atoms. The number of carbonyl (C=O) groups excluding carboxylic acids is 1. The molecule has 2 rings (SSSR count). The van der Waals surface area contributed by atoms with Crippen LogP contribution in [0.1, 0.15) is 20.1 Å². The molecule has 0 fully saturated rings. The number of benzene rings is 1. The van der Waals surface area contributed by atoms with E-state index in [4.69, 9.17) is 16.3 Å². The summed E-state index contributed by atoms with van der Waals surface area (Å²) in [7, 11) is 1.57. The maximum Gasteiger partial charge on any atom is 0.204 e. The van der Waals surface area contributed by atoms with E-state index in [0.29, 0.717) is 21.2 Å². The number of halogens is 1. The second-order valence-corrected chi connectivity index (χ2v) is 5.28. The van der Waals surface area contributed by atoms with Crippen LogP contribution in [-0.2, 0) is 0 Å². The van der Waals surface area contributed by atoms with Gasteiger partial charge in [-0.15, -0.1) is 11.3 Å². The van der Waals surface area contributed by atoms with Crippen LogP contribution in [0.15, 0.2) is 30.3 Å². The fourth-order valence-electron chi connectivity index (χ4n) is 1.50. The minimum absolute atomic E-state index is 0.0456. The van der Waals surface area contributed by atoms with Gasteiger partial charge in [-0.05, 0) is 37.3 Å². The van der Waals surface area contributed by atoms with Gasteiger partial charge < -0.3 is 4.74 Å². The van der Waals surface area contributed by atoms with E-state index >= 15 is 0 Å². The number of aryl methyl sites for hydroxylation is 1. The topological polar surface area (TPSA) is 26.3 Å². The normalized spacial score (nSPS) is 10.3. The van der Waals surface area contributed by atoms with E-state index in [-0.39, 0.29) is 5.78 Å². The Kier molecular flexibility index (Phi) is 3.50. The highest BCUT2D eigenvalue weighted by Gasteiger charge is 2.14. The van der Waals surface area contributed by atoms with Crippen molar-refractivity contribution >= 4 is 28.7 Å². The van der Waals surface area contributed by atoms with Gasteiger partial charge in [0.15, 0.2) is 0 Å². The van der Waals surface area contributed by atoms with Gasteiger partial charge in [0.2, 0.25) is 5.78 Å². The molecule has 0 bridgehead atoms. The minimum Gasteiger partial charge on any atom is -0.497 e. The average Bonchev–Trinajstić information content (AvgIpc) is 2.75. The molecule has 17 heavy (non-hydrogen) atoms. The van der Waals surface area contributed by atoms with Crippen molar-refractivity contribution in [1.82, 2.24) is 0 Å². The van der Waals surface area contributed by atoms with Gasteiger partial charge in [-0.1, -0.05) is 11.6 Å². The van der Waals surface area contributed by atoms with Crippen LogP contribution in [-0.4, -0.2) is 12.9 Å². The molecule has 4 heteroatoms. The zero-order chi connectivity index (χ0) is 12.4. The van der Waals surface area contributed by atoms with E-state index in [0.717, 1.165) is 4.88 Å². The summed E-state index contributed by atoms with van der Waals surface area (Å²) in [5, 5.41) is 0.417. The van der Waals surface area contributed by atoms with E-state index < -0.39 is 0 Å². The van der Waals surface area contributed by atoms with Crippen LogP contribution in [0.3, 0.4) is 0 Å². The summed E-state index contributed by atoms with van der Waals surface area (Å²) >= 11 is 7.53. The summed E-state index contributed by atoms with van der Waals surface area (Å²) in [6.45, 7) is 1.97. The van der Waals surface area contributed by atoms with Crippen molar-refractivity contribution in [3.63, 3.8) is 0 Å². The lowest BCUT2D eigenvalue weighted by Gasteiger charge is -2.04. The lowest BCUT2D eigenvalue weighted by Crippen LogP contribution is -1.99. The van der Waals surface area contributed by atoms with Crippen molar-refractivity contribution in [3.8, 4) is 5.75 Å². The van der Waals surface area contributed by atoms with Gasteiger partial charge in [0, 0.05) is 10.4 Å². The van der Waals surface area contributed by atoms with Crippen LogP contribution in [0, 0.1) is 6.92 Å². The number of hydrogen-bond acceptors (Lipinski definition) is 3. The van der Waals surface area contributed by atoms with Gasteiger partial charge in [-0.2, -0.15) is 0 Å². The van der Waals surface area contributed by atoms with Crippen LogP contribution in [0.2, 0.25) is 5.02 Å². The average molecular weight is 267 g/mol. The van der Waals surface area contributed by atoms with Crippen molar-refractivity contribution in [2.75, 3.05) is 7.11 Å². The van der Waals surface area contributed by atoms with E-state index in [9.17, 15) is 4.79 Å².